The average Bonchev–Trinajstić information content (AvgIpc) is 2.54. The Morgan fingerprint density at radius 2 is 1.64 bits per heavy atom. The minimum absolute atomic E-state index is 0.234. The molecule has 0 atom stereocenters. The van der Waals surface area contributed by atoms with Crippen LogP contribution in [-0.4, -0.2) is 44.2 Å². The van der Waals surface area contributed by atoms with Gasteiger partial charge in [-0.2, -0.15) is 0 Å². The Labute approximate surface area is 147 Å². The number of carbonyl (C=O) groups is 3. The Balaban J connectivity index is 2.16. The van der Waals surface area contributed by atoms with E-state index >= 15 is 0 Å². The lowest BCUT2D eigenvalue weighted by Crippen LogP contribution is -2.30. The van der Waals surface area contributed by atoms with Crippen molar-refractivity contribution in [3.63, 3.8) is 0 Å². The van der Waals surface area contributed by atoms with E-state index in [9.17, 15) is 14.4 Å². The monoisotopic (exact) mass is 351 g/mol. The first-order chi connectivity index (χ1) is 11.9. The van der Waals surface area contributed by atoms with Gasteiger partial charge in [0.15, 0.2) is 13.2 Å². The molecule has 0 spiro atoms. The van der Waals surface area contributed by atoms with Crippen molar-refractivity contribution < 1.29 is 28.6 Å². The van der Waals surface area contributed by atoms with Gasteiger partial charge >= 0.3 is 11.9 Å². The summed E-state index contributed by atoms with van der Waals surface area (Å²) in [4.78, 5) is 34.2. The summed E-state index contributed by atoms with van der Waals surface area (Å²) in [5.41, 5.74) is 2.07. The summed E-state index contributed by atoms with van der Waals surface area (Å²) in [6.45, 7) is 5.61. The van der Waals surface area contributed by atoms with Crippen molar-refractivity contribution in [2.45, 2.75) is 33.6 Å². The molecular weight excluding hydrogens is 326 g/mol. The summed E-state index contributed by atoms with van der Waals surface area (Å²) < 4.78 is 15.0. The Kier molecular flexibility index (Phi) is 9.06. The number of hydrogen-bond acceptors (Lipinski definition) is 6. The predicted octanol–water partition coefficient (Wildman–Crippen LogP) is 1.68. The van der Waals surface area contributed by atoms with Gasteiger partial charge in [-0.1, -0.05) is 6.07 Å². The highest BCUT2D eigenvalue weighted by molar-refractivity contribution is 5.80. The first-order valence-corrected chi connectivity index (χ1v) is 8.19. The molecule has 0 radical (unpaired) electrons. The second-order valence-electron chi connectivity index (χ2n) is 5.53. The number of aryl methyl sites for hydroxylation is 2. The van der Waals surface area contributed by atoms with Gasteiger partial charge in [0, 0.05) is 13.0 Å². The van der Waals surface area contributed by atoms with Crippen LogP contribution in [0.1, 0.15) is 30.9 Å². The molecule has 1 aromatic rings. The number of rotatable bonds is 10. The number of nitrogens with one attached hydrogen (secondary N) is 1. The normalized spacial score (nSPS) is 10.0. The SMILES string of the molecule is CCOC(=O)CCCNC(=O)COC(=O)COc1cc(C)cc(C)c1. The second-order valence-corrected chi connectivity index (χ2v) is 5.53. The smallest absolute Gasteiger partial charge is 0.344 e. The van der Waals surface area contributed by atoms with Gasteiger partial charge in [0.2, 0.25) is 0 Å². The largest absolute Gasteiger partial charge is 0.482 e. The molecule has 7 nitrogen and oxygen atoms in total. The van der Waals surface area contributed by atoms with Gasteiger partial charge in [-0.15, -0.1) is 0 Å². The molecule has 0 saturated carbocycles. The van der Waals surface area contributed by atoms with E-state index in [1.165, 1.54) is 0 Å². The molecule has 1 amide bonds. The van der Waals surface area contributed by atoms with Crippen LogP contribution in [-0.2, 0) is 23.9 Å². The third-order valence-electron chi connectivity index (χ3n) is 3.10. The van der Waals surface area contributed by atoms with E-state index in [2.05, 4.69) is 5.32 Å². The average molecular weight is 351 g/mol. The standard InChI is InChI=1S/C18H25NO6/c1-4-23-17(21)6-5-7-19-16(20)11-25-18(22)12-24-15-9-13(2)8-14(3)10-15/h8-10H,4-7,11-12H2,1-3H3,(H,19,20). The molecule has 0 fully saturated rings. The molecule has 25 heavy (non-hydrogen) atoms. The minimum Gasteiger partial charge on any atom is -0.482 e. The Morgan fingerprint density at radius 3 is 2.28 bits per heavy atom. The fraction of sp³-hybridized carbons (Fsp3) is 0.500. The summed E-state index contributed by atoms with van der Waals surface area (Å²) in [6.07, 6.45) is 0.700. The summed E-state index contributed by atoms with van der Waals surface area (Å²) in [6, 6.07) is 5.63. The van der Waals surface area contributed by atoms with Crippen molar-refractivity contribution >= 4 is 17.8 Å². The maximum atomic E-state index is 11.6. The van der Waals surface area contributed by atoms with Crippen LogP contribution in [0.15, 0.2) is 18.2 Å². The summed E-state index contributed by atoms with van der Waals surface area (Å²) >= 11 is 0. The number of hydrogen-bond donors (Lipinski definition) is 1. The Bertz CT molecular complexity index is 579. The molecule has 0 aliphatic rings. The number of ether oxygens (including phenoxy) is 3. The maximum Gasteiger partial charge on any atom is 0.344 e. The van der Waals surface area contributed by atoms with Gasteiger partial charge in [0.1, 0.15) is 5.75 Å². The molecule has 7 heteroatoms. The number of esters is 2. The molecule has 0 unspecified atom stereocenters. The third kappa shape index (κ3) is 9.34. The van der Waals surface area contributed by atoms with Gasteiger partial charge in [-0.3, -0.25) is 9.59 Å². The van der Waals surface area contributed by atoms with E-state index in [-0.39, 0.29) is 25.6 Å². The highest BCUT2D eigenvalue weighted by atomic mass is 16.6. The van der Waals surface area contributed by atoms with Gasteiger partial charge < -0.3 is 19.5 Å². The molecule has 0 heterocycles. The summed E-state index contributed by atoms with van der Waals surface area (Å²) in [5.74, 6) is -0.769. The Morgan fingerprint density at radius 1 is 0.960 bits per heavy atom. The van der Waals surface area contributed by atoms with Crippen LogP contribution in [0.2, 0.25) is 0 Å². The molecule has 138 valence electrons. The van der Waals surface area contributed by atoms with Crippen LogP contribution >= 0.6 is 0 Å². The van der Waals surface area contributed by atoms with Gasteiger partial charge in [0.05, 0.1) is 6.61 Å². The van der Waals surface area contributed by atoms with E-state index in [0.29, 0.717) is 25.3 Å². The predicted molar refractivity (Wildman–Crippen MR) is 91.2 cm³/mol. The molecule has 0 aliphatic carbocycles. The maximum absolute atomic E-state index is 11.6. The van der Waals surface area contributed by atoms with Crippen molar-refractivity contribution in [1.82, 2.24) is 5.32 Å². The molecule has 1 rings (SSSR count). The molecule has 1 N–H and O–H groups in total. The van der Waals surface area contributed by atoms with E-state index in [1.54, 1.807) is 6.92 Å². The van der Waals surface area contributed by atoms with Crippen LogP contribution < -0.4 is 10.1 Å². The van der Waals surface area contributed by atoms with E-state index in [1.807, 2.05) is 32.0 Å². The van der Waals surface area contributed by atoms with E-state index in [4.69, 9.17) is 14.2 Å². The molecule has 0 bridgehead atoms. The molecule has 0 aromatic heterocycles. The quantitative estimate of drug-likeness (QED) is 0.509. The fourth-order valence-corrected chi connectivity index (χ4v) is 2.09. The topological polar surface area (TPSA) is 90.9 Å². The summed E-state index contributed by atoms with van der Waals surface area (Å²) in [5, 5.41) is 2.56. The molecule has 0 saturated heterocycles. The van der Waals surface area contributed by atoms with Crippen LogP contribution in [0.4, 0.5) is 0 Å². The van der Waals surface area contributed by atoms with Crippen LogP contribution in [0, 0.1) is 13.8 Å². The highest BCUT2D eigenvalue weighted by Gasteiger charge is 2.09. The number of benzene rings is 1. The molecule has 1 aromatic carbocycles. The lowest BCUT2D eigenvalue weighted by Gasteiger charge is -2.09. The van der Waals surface area contributed by atoms with Crippen molar-refractivity contribution in [1.29, 1.82) is 0 Å². The first kappa shape index (κ1) is 20.5. The van der Waals surface area contributed by atoms with E-state index < -0.39 is 11.9 Å². The van der Waals surface area contributed by atoms with Gasteiger partial charge in [0.25, 0.3) is 5.91 Å². The Hall–Kier alpha value is -2.57. The van der Waals surface area contributed by atoms with Crippen LogP contribution in [0.25, 0.3) is 0 Å². The lowest BCUT2D eigenvalue weighted by atomic mass is 10.1. The zero-order valence-corrected chi connectivity index (χ0v) is 14.9. The number of amides is 1. The summed E-state index contributed by atoms with van der Waals surface area (Å²) in [7, 11) is 0. The first-order valence-electron chi connectivity index (χ1n) is 8.19. The second kappa shape index (κ2) is 11.1. The number of carbonyl (C=O) groups excluding carboxylic acids is 3. The van der Waals surface area contributed by atoms with Crippen LogP contribution in [0.5, 0.6) is 5.75 Å². The van der Waals surface area contributed by atoms with Gasteiger partial charge in [-0.25, -0.2) is 4.79 Å². The molecular formula is C18H25NO6. The minimum atomic E-state index is -0.624. The molecule has 0 aliphatic heterocycles. The van der Waals surface area contributed by atoms with Crippen molar-refractivity contribution in [3.8, 4) is 5.75 Å². The zero-order valence-electron chi connectivity index (χ0n) is 14.9. The van der Waals surface area contributed by atoms with Crippen molar-refractivity contribution in [2.24, 2.45) is 0 Å². The lowest BCUT2D eigenvalue weighted by molar-refractivity contribution is -0.150. The van der Waals surface area contributed by atoms with E-state index in [0.717, 1.165) is 11.1 Å². The van der Waals surface area contributed by atoms with Gasteiger partial charge in [-0.05, 0) is 50.5 Å². The highest BCUT2D eigenvalue weighted by Crippen LogP contribution is 2.16. The van der Waals surface area contributed by atoms with Crippen molar-refractivity contribution in [2.75, 3.05) is 26.4 Å². The third-order valence-corrected chi connectivity index (χ3v) is 3.10. The van der Waals surface area contributed by atoms with Crippen LogP contribution in [0.3, 0.4) is 0 Å². The zero-order chi connectivity index (χ0) is 18.7. The van der Waals surface area contributed by atoms with Crippen molar-refractivity contribution in [3.05, 3.63) is 29.3 Å². The fourth-order valence-electron chi connectivity index (χ4n) is 2.09.